The zero-order valence-corrected chi connectivity index (χ0v) is 18.0. The molecule has 0 spiro atoms. The SMILES string of the molecule is NC(=O)[C@@H]1CCC[C@@H](NC(=O)c2ccc(Cl)c(S(=O)(=O)N3CCCCCC3)c2)C1. The smallest absolute Gasteiger partial charge is 0.251 e. The molecule has 1 aliphatic carbocycles. The van der Waals surface area contributed by atoms with Crippen LogP contribution in [0.25, 0.3) is 0 Å². The van der Waals surface area contributed by atoms with Gasteiger partial charge in [-0.15, -0.1) is 0 Å². The molecular formula is C20H28ClN3O4S. The summed E-state index contributed by atoms with van der Waals surface area (Å²) >= 11 is 6.20. The summed E-state index contributed by atoms with van der Waals surface area (Å²) in [6.07, 6.45) is 6.48. The van der Waals surface area contributed by atoms with E-state index in [1.807, 2.05) is 0 Å². The quantitative estimate of drug-likeness (QED) is 0.731. The van der Waals surface area contributed by atoms with Gasteiger partial charge in [0, 0.05) is 30.6 Å². The molecule has 0 radical (unpaired) electrons. The Kier molecular flexibility index (Phi) is 7.19. The first-order chi connectivity index (χ1) is 13.8. The van der Waals surface area contributed by atoms with Gasteiger partial charge in [0.05, 0.1) is 5.02 Å². The molecule has 2 aliphatic rings. The van der Waals surface area contributed by atoms with Gasteiger partial charge in [0.2, 0.25) is 15.9 Å². The molecule has 2 fully saturated rings. The van der Waals surface area contributed by atoms with Gasteiger partial charge in [-0.05, 0) is 50.3 Å². The number of hydrogen-bond acceptors (Lipinski definition) is 4. The van der Waals surface area contributed by atoms with Crippen molar-refractivity contribution in [1.82, 2.24) is 9.62 Å². The van der Waals surface area contributed by atoms with Crippen molar-refractivity contribution in [2.24, 2.45) is 11.7 Å². The molecule has 9 heteroatoms. The topological polar surface area (TPSA) is 110 Å². The Balaban J connectivity index is 1.77. The molecule has 1 saturated heterocycles. The lowest BCUT2D eigenvalue weighted by molar-refractivity contribution is -0.122. The lowest BCUT2D eigenvalue weighted by Crippen LogP contribution is -2.41. The third-order valence-corrected chi connectivity index (χ3v) is 8.17. The minimum absolute atomic E-state index is 0.0348. The largest absolute Gasteiger partial charge is 0.369 e. The van der Waals surface area contributed by atoms with Crippen LogP contribution in [0.2, 0.25) is 5.02 Å². The van der Waals surface area contributed by atoms with E-state index in [0.29, 0.717) is 19.5 Å². The molecule has 3 rings (SSSR count). The Bertz CT molecular complexity index is 866. The van der Waals surface area contributed by atoms with Crippen molar-refractivity contribution < 1.29 is 18.0 Å². The second-order valence-electron chi connectivity index (χ2n) is 7.90. The fraction of sp³-hybridized carbons (Fsp3) is 0.600. The predicted octanol–water partition coefficient (Wildman–Crippen LogP) is 2.68. The summed E-state index contributed by atoms with van der Waals surface area (Å²) in [6.45, 7) is 0.928. The summed E-state index contributed by atoms with van der Waals surface area (Å²) < 4.78 is 27.7. The van der Waals surface area contributed by atoms with E-state index in [9.17, 15) is 18.0 Å². The average Bonchev–Trinajstić information content (AvgIpc) is 2.98. The number of primary amides is 1. The summed E-state index contributed by atoms with van der Waals surface area (Å²) in [5, 5.41) is 3.02. The van der Waals surface area contributed by atoms with Gasteiger partial charge in [-0.1, -0.05) is 30.9 Å². The fourth-order valence-corrected chi connectivity index (χ4v) is 6.13. The standard InChI is InChI=1S/C20H28ClN3O4S/c21-17-9-8-15(20(26)23-16-7-5-6-14(12-16)19(22)25)13-18(17)29(27,28)24-10-3-1-2-4-11-24/h8-9,13-14,16H,1-7,10-12H2,(H2,22,25)(H,23,26)/t14-,16-/m1/s1. The Morgan fingerprint density at radius 2 is 1.76 bits per heavy atom. The van der Waals surface area contributed by atoms with Crippen molar-refractivity contribution in [2.45, 2.75) is 62.3 Å². The Morgan fingerprint density at radius 3 is 2.41 bits per heavy atom. The second-order valence-corrected chi connectivity index (χ2v) is 10.2. The summed E-state index contributed by atoms with van der Waals surface area (Å²) in [5.74, 6) is -0.955. The molecule has 0 bridgehead atoms. The van der Waals surface area contributed by atoms with Crippen molar-refractivity contribution >= 4 is 33.4 Å². The van der Waals surface area contributed by atoms with Crippen molar-refractivity contribution in [3.8, 4) is 0 Å². The van der Waals surface area contributed by atoms with E-state index in [4.69, 9.17) is 17.3 Å². The van der Waals surface area contributed by atoms with E-state index in [1.165, 1.54) is 22.5 Å². The third-order valence-electron chi connectivity index (χ3n) is 5.79. The summed E-state index contributed by atoms with van der Waals surface area (Å²) in [7, 11) is -3.76. The molecule has 1 aliphatic heterocycles. The van der Waals surface area contributed by atoms with Gasteiger partial charge in [-0.3, -0.25) is 9.59 Å². The highest BCUT2D eigenvalue weighted by Crippen LogP contribution is 2.28. The van der Waals surface area contributed by atoms with Crippen LogP contribution in [0.3, 0.4) is 0 Å². The molecule has 0 aromatic heterocycles. The summed E-state index contributed by atoms with van der Waals surface area (Å²) in [6, 6.07) is 4.17. The van der Waals surface area contributed by atoms with Gasteiger partial charge >= 0.3 is 0 Å². The fourth-order valence-electron chi connectivity index (χ4n) is 4.11. The number of benzene rings is 1. The first-order valence-electron chi connectivity index (χ1n) is 10.2. The van der Waals surface area contributed by atoms with Gasteiger partial charge in [-0.2, -0.15) is 4.31 Å². The van der Waals surface area contributed by atoms with Gasteiger partial charge in [0.15, 0.2) is 0 Å². The second kappa shape index (κ2) is 9.45. The van der Waals surface area contributed by atoms with Crippen molar-refractivity contribution in [1.29, 1.82) is 0 Å². The van der Waals surface area contributed by atoms with Crippen LogP contribution in [0.5, 0.6) is 0 Å². The number of nitrogens with zero attached hydrogens (tertiary/aromatic N) is 1. The van der Waals surface area contributed by atoms with Crippen LogP contribution in [0.1, 0.15) is 61.7 Å². The van der Waals surface area contributed by atoms with Crippen LogP contribution in [-0.2, 0) is 14.8 Å². The van der Waals surface area contributed by atoms with E-state index in [1.54, 1.807) is 0 Å². The van der Waals surface area contributed by atoms with Crippen LogP contribution in [0.4, 0.5) is 0 Å². The van der Waals surface area contributed by atoms with E-state index in [0.717, 1.165) is 44.9 Å². The highest BCUT2D eigenvalue weighted by molar-refractivity contribution is 7.89. The molecule has 7 nitrogen and oxygen atoms in total. The molecule has 2 atom stereocenters. The molecule has 1 heterocycles. The molecule has 3 N–H and O–H groups in total. The minimum atomic E-state index is -3.76. The molecule has 160 valence electrons. The minimum Gasteiger partial charge on any atom is -0.369 e. The molecule has 1 aromatic carbocycles. The van der Waals surface area contributed by atoms with Crippen molar-refractivity contribution in [3.05, 3.63) is 28.8 Å². The van der Waals surface area contributed by atoms with Gasteiger partial charge in [0.1, 0.15) is 4.90 Å². The maximum Gasteiger partial charge on any atom is 0.251 e. The van der Waals surface area contributed by atoms with Crippen LogP contribution < -0.4 is 11.1 Å². The molecular weight excluding hydrogens is 414 g/mol. The Labute approximate surface area is 177 Å². The maximum absolute atomic E-state index is 13.1. The van der Waals surface area contributed by atoms with E-state index in [2.05, 4.69) is 5.32 Å². The zero-order valence-electron chi connectivity index (χ0n) is 16.4. The Hall–Kier alpha value is -1.64. The number of sulfonamides is 1. The lowest BCUT2D eigenvalue weighted by atomic mass is 9.85. The van der Waals surface area contributed by atoms with Gasteiger partial charge < -0.3 is 11.1 Å². The third kappa shape index (κ3) is 5.29. The number of nitrogens with two attached hydrogens (primary N) is 1. The number of amides is 2. The van der Waals surface area contributed by atoms with Crippen LogP contribution in [0.15, 0.2) is 23.1 Å². The first-order valence-corrected chi connectivity index (χ1v) is 12.0. The van der Waals surface area contributed by atoms with E-state index in [-0.39, 0.29) is 39.3 Å². The van der Waals surface area contributed by atoms with Crippen LogP contribution in [0, 0.1) is 5.92 Å². The number of rotatable bonds is 5. The number of carbonyl (C=O) groups excluding carboxylic acids is 2. The van der Waals surface area contributed by atoms with Gasteiger partial charge in [-0.25, -0.2) is 8.42 Å². The highest BCUT2D eigenvalue weighted by Gasteiger charge is 2.30. The number of nitrogens with one attached hydrogen (secondary N) is 1. The van der Waals surface area contributed by atoms with E-state index >= 15 is 0 Å². The zero-order chi connectivity index (χ0) is 21.0. The van der Waals surface area contributed by atoms with Gasteiger partial charge in [0.25, 0.3) is 5.91 Å². The normalized spacial score (nSPS) is 23.9. The van der Waals surface area contributed by atoms with Crippen molar-refractivity contribution in [3.63, 3.8) is 0 Å². The predicted molar refractivity (Wildman–Crippen MR) is 111 cm³/mol. The van der Waals surface area contributed by atoms with Crippen LogP contribution >= 0.6 is 11.6 Å². The monoisotopic (exact) mass is 441 g/mol. The molecule has 0 unspecified atom stereocenters. The maximum atomic E-state index is 13.1. The first kappa shape index (κ1) is 22.1. The number of hydrogen-bond donors (Lipinski definition) is 2. The summed E-state index contributed by atoms with van der Waals surface area (Å²) in [4.78, 5) is 24.1. The number of carbonyl (C=O) groups is 2. The molecule has 1 saturated carbocycles. The number of halogens is 1. The average molecular weight is 442 g/mol. The summed E-state index contributed by atoms with van der Waals surface area (Å²) in [5.41, 5.74) is 5.64. The van der Waals surface area contributed by atoms with Crippen molar-refractivity contribution in [2.75, 3.05) is 13.1 Å². The Morgan fingerprint density at radius 1 is 1.07 bits per heavy atom. The molecule has 1 aromatic rings. The highest BCUT2D eigenvalue weighted by atomic mass is 35.5. The molecule has 29 heavy (non-hydrogen) atoms. The van der Waals surface area contributed by atoms with Crippen LogP contribution in [-0.4, -0.2) is 43.7 Å². The lowest BCUT2D eigenvalue weighted by Gasteiger charge is -2.28. The molecule has 2 amide bonds. The van der Waals surface area contributed by atoms with E-state index < -0.39 is 10.0 Å².